The Labute approximate surface area is 135 Å². The predicted octanol–water partition coefficient (Wildman–Crippen LogP) is 3.49. The minimum atomic E-state index is -0.469. The Bertz CT molecular complexity index is 525. The Balaban J connectivity index is 2.01. The normalized spacial score (nSPS) is 19.8. The zero-order valence-electron chi connectivity index (χ0n) is 12.7. The molecule has 6 heteroatoms. The summed E-state index contributed by atoms with van der Waals surface area (Å²) in [4.78, 5) is 14.2. The highest BCUT2D eigenvalue weighted by Crippen LogP contribution is 2.23. The molecule has 2 rings (SSSR count). The van der Waals surface area contributed by atoms with Crippen molar-refractivity contribution in [1.29, 1.82) is 0 Å². The van der Waals surface area contributed by atoms with Crippen LogP contribution in [0.1, 0.15) is 44.2 Å². The molecule has 0 saturated carbocycles. The van der Waals surface area contributed by atoms with Crippen LogP contribution in [0.25, 0.3) is 0 Å². The van der Waals surface area contributed by atoms with Crippen molar-refractivity contribution in [3.8, 4) is 0 Å². The second-order valence-corrected chi connectivity index (χ2v) is 6.11. The smallest absolute Gasteiger partial charge is 0.318 e. The van der Waals surface area contributed by atoms with Crippen molar-refractivity contribution >= 4 is 17.6 Å². The molecule has 1 aromatic carbocycles. The number of halogens is 2. The molecular formula is C16H22ClFN2O2. The van der Waals surface area contributed by atoms with Gasteiger partial charge in [0.05, 0.1) is 11.1 Å². The average Bonchev–Trinajstić information content (AvgIpc) is 2.50. The molecule has 0 aromatic heterocycles. The molecule has 1 heterocycles. The van der Waals surface area contributed by atoms with Crippen LogP contribution in [0.5, 0.6) is 0 Å². The summed E-state index contributed by atoms with van der Waals surface area (Å²) in [6, 6.07) is 4.13. The fourth-order valence-electron chi connectivity index (χ4n) is 2.85. The van der Waals surface area contributed by atoms with Gasteiger partial charge in [0.25, 0.3) is 0 Å². The summed E-state index contributed by atoms with van der Waals surface area (Å²) in [6.07, 6.45) is 3.58. The van der Waals surface area contributed by atoms with Gasteiger partial charge in [-0.2, -0.15) is 0 Å². The Morgan fingerprint density at radius 3 is 3.00 bits per heavy atom. The summed E-state index contributed by atoms with van der Waals surface area (Å²) >= 11 is 5.78. The van der Waals surface area contributed by atoms with E-state index < -0.39 is 5.82 Å². The summed E-state index contributed by atoms with van der Waals surface area (Å²) in [5.41, 5.74) is 0.760. The Morgan fingerprint density at radius 1 is 1.55 bits per heavy atom. The number of nitrogens with zero attached hydrogens (tertiary/aromatic N) is 1. The first-order valence-electron chi connectivity index (χ1n) is 7.66. The zero-order chi connectivity index (χ0) is 16.1. The van der Waals surface area contributed by atoms with Gasteiger partial charge in [-0.1, -0.05) is 17.7 Å². The highest BCUT2D eigenvalue weighted by Gasteiger charge is 2.27. The van der Waals surface area contributed by atoms with Gasteiger partial charge in [-0.3, -0.25) is 0 Å². The zero-order valence-corrected chi connectivity index (χ0v) is 13.4. The van der Waals surface area contributed by atoms with Gasteiger partial charge in [0.15, 0.2) is 0 Å². The number of hydrogen-bond donors (Lipinski definition) is 2. The van der Waals surface area contributed by atoms with Crippen LogP contribution in [0, 0.1) is 5.82 Å². The number of benzene rings is 1. The van der Waals surface area contributed by atoms with Gasteiger partial charge in [0, 0.05) is 19.2 Å². The van der Waals surface area contributed by atoms with E-state index in [2.05, 4.69) is 5.32 Å². The van der Waals surface area contributed by atoms with Crippen LogP contribution in [0.3, 0.4) is 0 Å². The van der Waals surface area contributed by atoms with Crippen molar-refractivity contribution in [2.75, 3.05) is 13.2 Å². The van der Waals surface area contributed by atoms with Gasteiger partial charge in [-0.05, 0) is 50.3 Å². The van der Waals surface area contributed by atoms with Crippen LogP contribution in [-0.2, 0) is 0 Å². The Kier molecular flexibility index (Phi) is 6.03. The predicted molar refractivity (Wildman–Crippen MR) is 84.4 cm³/mol. The van der Waals surface area contributed by atoms with Crippen molar-refractivity contribution in [2.24, 2.45) is 0 Å². The second kappa shape index (κ2) is 7.79. The molecule has 1 aliphatic rings. The maximum Gasteiger partial charge on any atom is 0.318 e. The molecule has 1 aliphatic heterocycles. The van der Waals surface area contributed by atoms with Gasteiger partial charge in [0.2, 0.25) is 0 Å². The van der Waals surface area contributed by atoms with Gasteiger partial charge < -0.3 is 15.3 Å². The molecule has 22 heavy (non-hydrogen) atoms. The number of urea groups is 1. The molecule has 2 amide bonds. The topological polar surface area (TPSA) is 52.6 Å². The lowest BCUT2D eigenvalue weighted by molar-refractivity contribution is 0.130. The van der Waals surface area contributed by atoms with E-state index in [0.717, 1.165) is 24.8 Å². The molecule has 122 valence electrons. The number of carbonyl (C=O) groups is 1. The molecule has 1 saturated heterocycles. The monoisotopic (exact) mass is 328 g/mol. The first-order chi connectivity index (χ1) is 10.5. The molecule has 1 aromatic rings. The van der Waals surface area contributed by atoms with E-state index in [1.54, 1.807) is 11.0 Å². The lowest BCUT2D eigenvalue weighted by atomic mass is 10.00. The summed E-state index contributed by atoms with van der Waals surface area (Å²) in [6.45, 7) is 2.62. The highest BCUT2D eigenvalue weighted by molar-refractivity contribution is 6.30. The molecule has 1 fully saturated rings. The Hall–Kier alpha value is -1.33. The molecule has 0 aliphatic carbocycles. The van der Waals surface area contributed by atoms with Crippen LogP contribution < -0.4 is 5.32 Å². The van der Waals surface area contributed by atoms with Crippen LogP contribution in [-0.4, -0.2) is 35.2 Å². The molecule has 0 bridgehead atoms. The summed E-state index contributed by atoms with van der Waals surface area (Å²) < 4.78 is 13.2. The van der Waals surface area contributed by atoms with Crippen LogP contribution in [0.4, 0.5) is 9.18 Å². The van der Waals surface area contributed by atoms with Gasteiger partial charge in [-0.15, -0.1) is 0 Å². The van der Waals surface area contributed by atoms with E-state index >= 15 is 0 Å². The number of nitrogens with one attached hydrogen (secondary N) is 1. The number of piperidine rings is 1. The number of carbonyl (C=O) groups excluding carboxylic acids is 1. The van der Waals surface area contributed by atoms with E-state index in [1.165, 1.54) is 12.1 Å². The molecule has 2 N–H and O–H groups in total. The third-order valence-corrected chi connectivity index (χ3v) is 4.42. The van der Waals surface area contributed by atoms with Crippen LogP contribution in [0.2, 0.25) is 5.02 Å². The van der Waals surface area contributed by atoms with Crippen molar-refractivity contribution in [3.63, 3.8) is 0 Å². The quantitative estimate of drug-likeness (QED) is 0.889. The van der Waals surface area contributed by atoms with Crippen molar-refractivity contribution in [3.05, 3.63) is 34.6 Å². The Morgan fingerprint density at radius 2 is 2.32 bits per heavy atom. The maximum atomic E-state index is 13.2. The number of aliphatic hydroxyl groups is 1. The summed E-state index contributed by atoms with van der Waals surface area (Å²) in [7, 11) is 0. The van der Waals surface area contributed by atoms with Gasteiger partial charge >= 0.3 is 6.03 Å². The fourth-order valence-corrected chi connectivity index (χ4v) is 3.04. The maximum absolute atomic E-state index is 13.2. The third-order valence-electron chi connectivity index (χ3n) is 4.13. The summed E-state index contributed by atoms with van der Waals surface area (Å²) in [5.74, 6) is -0.469. The number of likely N-dealkylation sites (tertiary alicyclic amines) is 1. The van der Waals surface area contributed by atoms with E-state index in [1.807, 2.05) is 6.92 Å². The van der Waals surface area contributed by atoms with E-state index in [-0.39, 0.29) is 29.7 Å². The number of hydrogen-bond acceptors (Lipinski definition) is 2. The number of aliphatic hydroxyl groups excluding tert-OH is 1. The van der Waals surface area contributed by atoms with E-state index in [0.29, 0.717) is 13.0 Å². The molecular weight excluding hydrogens is 307 g/mol. The average molecular weight is 329 g/mol. The minimum absolute atomic E-state index is 0.0507. The molecule has 4 nitrogen and oxygen atoms in total. The van der Waals surface area contributed by atoms with Crippen LogP contribution in [0.15, 0.2) is 18.2 Å². The second-order valence-electron chi connectivity index (χ2n) is 5.70. The van der Waals surface area contributed by atoms with E-state index in [9.17, 15) is 9.18 Å². The molecule has 0 spiro atoms. The number of rotatable bonds is 4. The third kappa shape index (κ3) is 4.11. The lowest BCUT2D eigenvalue weighted by Gasteiger charge is -2.36. The molecule has 2 atom stereocenters. The standard InChI is InChI=1S/C16H22ClFN2O2/c1-11(12-5-6-15(18)14(17)10-12)19-16(22)20-8-3-2-4-13(20)7-9-21/h5-6,10-11,13,21H,2-4,7-9H2,1H3,(H,19,22). The molecule has 2 unspecified atom stereocenters. The minimum Gasteiger partial charge on any atom is -0.396 e. The van der Waals surface area contributed by atoms with Gasteiger partial charge in [0.1, 0.15) is 5.82 Å². The van der Waals surface area contributed by atoms with Crippen molar-refractivity contribution < 1.29 is 14.3 Å². The van der Waals surface area contributed by atoms with Gasteiger partial charge in [-0.25, -0.2) is 9.18 Å². The van der Waals surface area contributed by atoms with E-state index in [4.69, 9.17) is 16.7 Å². The first kappa shape index (κ1) is 17.0. The van der Waals surface area contributed by atoms with Crippen molar-refractivity contribution in [1.82, 2.24) is 10.2 Å². The first-order valence-corrected chi connectivity index (χ1v) is 8.03. The molecule has 0 radical (unpaired) electrons. The lowest BCUT2D eigenvalue weighted by Crippen LogP contribution is -2.49. The number of amides is 2. The summed E-state index contributed by atoms with van der Waals surface area (Å²) in [5, 5.41) is 12.1. The fraction of sp³-hybridized carbons (Fsp3) is 0.562. The van der Waals surface area contributed by atoms with Crippen molar-refractivity contribution in [2.45, 2.75) is 44.7 Å². The largest absolute Gasteiger partial charge is 0.396 e. The SMILES string of the molecule is CC(NC(=O)N1CCCCC1CCO)c1ccc(F)c(Cl)c1. The van der Waals surface area contributed by atoms with Crippen LogP contribution >= 0.6 is 11.6 Å². The highest BCUT2D eigenvalue weighted by atomic mass is 35.5.